The molecular formula is C15H17BO3S. The SMILES string of the molecule is CC1(C)OB(c2ccc3sc(C=O)cc3c2)OC1(C)C. The maximum absolute atomic E-state index is 10.8. The molecule has 3 nitrogen and oxygen atoms in total. The first kappa shape index (κ1) is 13.8. The smallest absolute Gasteiger partial charge is 0.399 e. The van der Waals surface area contributed by atoms with Crippen LogP contribution in [0.2, 0.25) is 0 Å². The van der Waals surface area contributed by atoms with Crippen molar-refractivity contribution in [3.05, 3.63) is 29.1 Å². The molecule has 3 rings (SSSR count). The van der Waals surface area contributed by atoms with Gasteiger partial charge in [0.25, 0.3) is 0 Å². The summed E-state index contributed by atoms with van der Waals surface area (Å²) >= 11 is 1.50. The average Bonchev–Trinajstić information content (AvgIpc) is 2.87. The summed E-state index contributed by atoms with van der Waals surface area (Å²) in [6, 6.07) is 7.98. The van der Waals surface area contributed by atoms with Crippen LogP contribution in [0.1, 0.15) is 37.4 Å². The minimum atomic E-state index is -0.357. The zero-order valence-electron chi connectivity index (χ0n) is 12.1. The van der Waals surface area contributed by atoms with E-state index in [4.69, 9.17) is 9.31 Å². The number of rotatable bonds is 2. The summed E-state index contributed by atoms with van der Waals surface area (Å²) in [5.74, 6) is 0. The molecule has 0 bridgehead atoms. The Morgan fingerprint density at radius 2 is 1.75 bits per heavy atom. The Morgan fingerprint density at radius 3 is 2.35 bits per heavy atom. The van der Waals surface area contributed by atoms with Crippen LogP contribution < -0.4 is 5.46 Å². The largest absolute Gasteiger partial charge is 0.494 e. The summed E-state index contributed by atoms with van der Waals surface area (Å²) in [4.78, 5) is 11.6. The minimum Gasteiger partial charge on any atom is -0.399 e. The molecule has 0 saturated carbocycles. The van der Waals surface area contributed by atoms with Gasteiger partial charge in [-0.2, -0.15) is 0 Å². The fourth-order valence-corrected chi connectivity index (χ4v) is 3.13. The van der Waals surface area contributed by atoms with E-state index in [0.717, 1.165) is 26.7 Å². The van der Waals surface area contributed by atoms with Crippen LogP contribution in [-0.4, -0.2) is 24.6 Å². The summed E-state index contributed by atoms with van der Waals surface area (Å²) in [6.45, 7) is 8.17. The third-order valence-corrected chi connectivity index (χ3v) is 5.24. The molecule has 0 atom stereocenters. The number of fused-ring (bicyclic) bond motifs is 1. The first-order valence-corrected chi connectivity index (χ1v) is 7.48. The van der Waals surface area contributed by atoms with E-state index in [1.807, 2.05) is 52.0 Å². The van der Waals surface area contributed by atoms with Crippen molar-refractivity contribution in [2.45, 2.75) is 38.9 Å². The topological polar surface area (TPSA) is 35.5 Å². The number of benzene rings is 1. The second kappa shape index (κ2) is 4.42. The van der Waals surface area contributed by atoms with Gasteiger partial charge in [-0.15, -0.1) is 11.3 Å². The predicted octanol–water partition coefficient (Wildman–Crippen LogP) is 3.01. The molecule has 20 heavy (non-hydrogen) atoms. The molecule has 1 aromatic carbocycles. The van der Waals surface area contributed by atoms with E-state index in [1.54, 1.807) is 0 Å². The Hall–Kier alpha value is -1.17. The summed E-state index contributed by atoms with van der Waals surface area (Å²) < 4.78 is 13.2. The van der Waals surface area contributed by atoms with Crippen LogP contribution in [0.4, 0.5) is 0 Å². The van der Waals surface area contributed by atoms with Crippen LogP contribution in [0.5, 0.6) is 0 Å². The first-order valence-electron chi connectivity index (χ1n) is 6.67. The number of thiophene rings is 1. The molecule has 0 radical (unpaired) electrons. The van der Waals surface area contributed by atoms with Crippen LogP contribution in [0.15, 0.2) is 24.3 Å². The number of aldehydes is 1. The van der Waals surface area contributed by atoms with Crippen molar-refractivity contribution >= 4 is 40.3 Å². The van der Waals surface area contributed by atoms with Crippen LogP contribution in [0.3, 0.4) is 0 Å². The van der Waals surface area contributed by atoms with Crippen molar-refractivity contribution in [1.82, 2.24) is 0 Å². The van der Waals surface area contributed by atoms with Crippen molar-refractivity contribution in [2.24, 2.45) is 0 Å². The van der Waals surface area contributed by atoms with Gasteiger partial charge in [-0.1, -0.05) is 12.1 Å². The highest BCUT2D eigenvalue weighted by atomic mass is 32.1. The molecule has 2 heterocycles. The Balaban J connectivity index is 1.97. The summed E-state index contributed by atoms with van der Waals surface area (Å²) in [5.41, 5.74) is 0.316. The van der Waals surface area contributed by atoms with Gasteiger partial charge >= 0.3 is 7.12 Å². The van der Waals surface area contributed by atoms with E-state index in [9.17, 15) is 4.79 Å². The first-order chi connectivity index (χ1) is 9.32. The Bertz CT molecular complexity index is 659. The Kier molecular flexibility index (Phi) is 3.05. The third-order valence-electron chi connectivity index (χ3n) is 4.20. The van der Waals surface area contributed by atoms with Crippen LogP contribution in [0.25, 0.3) is 10.1 Å². The lowest BCUT2D eigenvalue weighted by Crippen LogP contribution is -2.41. The lowest BCUT2D eigenvalue weighted by Gasteiger charge is -2.32. The highest BCUT2D eigenvalue weighted by Crippen LogP contribution is 2.36. The molecule has 1 aliphatic rings. The lowest BCUT2D eigenvalue weighted by atomic mass is 9.79. The normalized spacial score (nSPS) is 20.5. The standard InChI is InChI=1S/C15H17BO3S/c1-14(2)15(3,4)19-16(18-14)11-5-6-13-10(7-11)8-12(9-17)20-13/h5-9H,1-4H3. The molecule has 2 aromatic rings. The van der Waals surface area contributed by atoms with Crippen LogP contribution >= 0.6 is 11.3 Å². The van der Waals surface area contributed by atoms with Gasteiger partial charge in [0, 0.05) is 4.70 Å². The van der Waals surface area contributed by atoms with E-state index < -0.39 is 0 Å². The number of hydrogen-bond donors (Lipinski definition) is 0. The van der Waals surface area contributed by atoms with Gasteiger partial charge in [0.1, 0.15) is 0 Å². The van der Waals surface area contributed by atoms with Crippen molar-refractivity contribution in [3.8, 4) is 0 Å². The molecule has 104 valence electrons. The molecule has 1 aliphatic heterocycles. The summed E-state index contributed by atoms with van der Waals surface area (Å²) in [5, 5.41) is 1.06. The molecule has 1 fully saturated rings. The van der Waals surface area contributed by atoms with Crippen molar-refractivity contribution in [2.75, 3.05) is 0 Å². The molecule has 0 aliphatic carbocycles. The zero-order valence-corrected chi connectivity index (χ0v) is 12.9. The molecule has 0 N–H and O–H groups in total. The number of carbonyl (C=O) groups excluding carboxylic acids is 1. The van der Waals surface area contributed by atoms with E-state index in [-0.39, 0.29) is 18.3 Å². The van der Waals surface area contributed by atoms with Gasteiger partial charge in [0.15, 0.2) is 6.29 Å². The fraction of sp³-hybridized carbons (Fsp3) is 0.400. The second-order valence-corrected chi connectivity index (χ2v) is 7.27. The van der Waals surface area contributed by atoms with E-state index >= 15 is 0 Å². The van der Waals surface area contributed by atoms with Gasteiger partial charge in [-0.3, -0.25) is 4.79 Å². The summed E-state index contributed by atoms with van der Waals surface area (Å²) in [6.07, 6.45) is 0.888. The number of carbonyl (C=O) groups is 1. The quantitative estimate of drug-likeness (QED) is 0.629. The van der Waals surface area contributed by atoms with E-state index in [0.29, 0.717) is 0 Å². The molecule has 5 heteroatoms. The predicted molar refractivity (Wildman–Crippen MR) is 82.9 cm³/mol. The average molecular weight is 288 g/mol. The fourth-order valence-electron chi connectivity index (χ4n) is 2.27. The highest BCUT2D eigenvalue weighted by Gasteiger charge is 2.51. The molecule has 0 amide bonds. The van der Waals surface area contributed by atoms with Gasteiger partial charge in [-0.05, 0) is 50.7 Å². The van der Waals surface area contributed by atoms with Gasteiger partial charge < -0.3 is 9.31 Å². The molecule has 1 aromatic heterocycles. The van der Waals surface area contributed by atoms with Crippen LogP contribution in [0, 0.1) is 0 Å². The molecule has 0 unspecified atom stereocenters. The van der Waals surface area contributed by atoms with Crippen LogP contribution in [-0.2, 0) is 9.31 Å². The molecule has 1 saturated heterocycles. The van der Waals surface area contributed by atoms with Crippen molar-refractivity contribution < 1.29 is 14.1 Å². The Morgan fingerprint density at radius 1 is 1.10 bits per heavy atom. The van der Waals surface area contributed by atoms with Gasteiger partial charge in [0.05, 0.1) is 16.1 Å². The Labute approximate surface area is 123 Å². The summed E-state index contributed by atoms with van der Waals surface area (Å²) in [7, 11) is -0.357. The monoisotopic (exact) mass is 288 g/mol. The second-order valence-electron chi connectivity index (χ2n) is 6.15. The highest BCUT2D eigenvalue weighted by molar-refractivity contribution is 7.20. The molecule has 0 spiro atoms. The molecular weight excluding hydrogens is 271 g/mol. The van der Waals surface area contributed by atoms with E-state index in [2.05, 4.69) is 0 Å². The van der Waals surface area contributed by atoms with Gasteiger partial charge in [-0.25, -0.2) is 0 Å². The zero-order chi connectivity index (χ0) is 14.5. The van der Waals surface area contributed by atoms with Crippen molar-refractivity contribution in [3.63, 3.8) is 0 Å². The minimum absolute atomic E-state index is 0.338. The van der Waals surface area contributed by atoms with Gasteiger partial charge in [0.2, 0.25) is 0 Å². The maximum Gasteiger partial charge on any atom is 0.494 e. The van der Waals surface area contributed by atoms with E-state index in [1.165, 1.54) is 11.3 Å². The number of hydrogen-bond acceptors (Lipinski definition) is 4. The lowest BCUT2D eigenvalue weighted by molar-refractivity contribution is 0.00578. The third kappa shape index (κ3) is 2.10. The maximum atomic E-state index is 10.8. The van der Waals surface area contributed by atoms with Crippen molar-refractivity contribution in [1.29, 1.82) is 0 Å².